The molecule has 1 spiro atoms. The van der Waals surface area contributed by atoms with Crippen molar-refractivity contribution in [2.45, 2.75) is 26.2 Å². The van der Waals surface area contributed by atoms with E-state index in [1.165, 1.54) is 11.3 Å². The average Bonchev–Trinajstić information content (AvgIpc) is 3.16. The molecular weight excluding hydrogens is 312 g/mol. The molecule has 6 heteroatoms. The standard InChI is InChI=1S/C17H24N2O3S/c1-13-4-5-14(23-13)15(20)19-9-7-17(12-19)6-3-8-18(16(17)21)10-11-22-2/h4-5H,3,6-12H2,1-2H3. The molecule has 2 fully saturated rings. The van der Waals surface area contributed by atoms with Gasteiger partial charge in [0.1, 0.15) is 0 Å². The molecule has 0 aliphatic carbocycles. The van der Waals surface area contributed by atoms with Gasteiger partial charge in [0.15, 0.2) is 0 Å². The lowest BCUT2D eigenvalue weighted by molar-refractivity contribution is -0.146. The van der Waals surface area contributed by atoms with Gasteiger partial charge in [0.2, 0.25) is 5.91 Å². The fourth-order valence-electron chi connectivity index (χ4n) is 3.70. The summed E-state index contributed by atoms with van der Waals surface area (Å²) in [6, 6.07) is 3.86. The van der Waals surface area contributed by atoms with Crippen molar-refractivity contribution < 1.29 is 14.3 Å². The number of aryl methyl sites for hydroxylation is 1. The van der Waals surface area contributed by atoms with Crippen molar-refractivity contribution in [3.63, 3.8) is 0 Å². The van der Waals surface area contributed by atoms with E-state index in [-0.39, 0.29) is 17.2 Å². The van der Waals surface area contributed by atoms with Crippen LogP contribution in [-0.2, 0) is 9.53 Å². The van der Waals surface area contributed by atoms with Crippen molar-refractivity contribution in [2.75, 3.05) is 39.9 Å². The van der Waals surface area contributed by atoms with Crippen molar-refractivity contribution >= 4 is 23.2 Å². The summed E-state index contributed by atoms with van der Waals surface area (Å²) in [5.74, 6) is 0.278. The largest absolute Gasteiger partial charge is 0.383 e. The maximum Gasteiger partial charge on any atom is 0.263 e. The predicted molar refractivity (Wildman–Crippen MR) is 89.7 cm³/mol. The summed E-state index contributed by atoms with van der Waals surface area (Å²) in [7, 11) is 1.66. The minimum absolute atomic E-state index is 0.0711. The Morgan fingerprint density at radius 3 is 2.87 bits per heavy atom. The zero-order valence-corrected chi connectivity index (χ0v) is 14.7. The minimum atomic E-state index is -0.367. The molecule has 3 rings (SSSR count). The first-order chi connectivity index (χ1) is 11.1. The summed E-state index contributed by atoms with van der Waals surface area (Å²) < 4.78 is 5.11. The summed E-state index contributed by atoms with van der Waals surface area (Å²) in [6.45, 7) is 5.27. The highest BCUT2D eigenvalue weighted by atomic mass is 32.1. The number of ether oxygens (including phenoxy) is 1. The SMILES string of the molecule is COCCN1CCCC2(CCN(C(=O)c3ccc(C)s3)C2)C1=O. The summed E-state index contributed by atoms with van der Waals surface area (Å²) in [6.07, 6.45) is 2.68. The van der Waals surface area contributed by atoms with Gasteiger partial charge >= 0.3 is 0 Å². The lowest BCUT2D eigenvalue weighted by atomic mass is 9.78. The van der Waals surface area contributed by atoms with Crippen LogP contribution in [0.2, 0.25) is 0 Å². The van der Waals surface area contributed by atoms with Crippen LogP contribution < -0.4 is 0 Å². The van der Waals surface area contributed by atoms with Crippen molar-refractivity contribution in [1.29, 1.82) is 0 Å². The van der Waals surface area contributed by atoms with Gasteiger partial charge in [-0.1, -0.05) is 0 Å². The van der Waals surface area contributed by atoms with Crippen LogP contribution in [0.5, 0.6) is 0 Å². The first kappa shape index (κ1) is 16.5. The van der Waals surface area contributed by atoms with Gasteiger partial charge in [0.25, 0.3) is 5.91 Å². The van der Waals surface area contributed by atoms with Gasteiger partial charge in [-0.3, -0.25) is 9.59 Å². The van der Waals surface area contributed by atoms with Crippen LogP contribution in [0.3, 0.4) is 0 Å². The highest BCUT2D eigenvalue weighted by molar-refractivity contribution is 7.13. The number of methoxy groups -OCH3 is 1. The highest BCUT2D eigenvalue weighted by Gasteiger charge is 2.49. The number of hydrogen-bond acceptors (Lipinski definition) is 4. The molecule has 0 aromatic carbocycles. The quantitative estimate of drug-likeness (QED) is 0.847. The Hall–Kier alpha value is -1.40. The van der Waals surface area contributed by atoms with E-state index in [0.29, 0.717) is 26.2 Å². The molecule has 2 amide bonds. The van der Waals surface area contributed by atoms with Crippen LogP contribution in [0.25, 0.3) is 0 Å². The Morgan fingerprint density at radius 2 is 2.17 bits per heavy atom. The van der Waals surface area contributed by atoms with Gasteiger partial charge in [-0.05, 0) is 38.3 Å². The van der Waals surface area contributed by atoms with E-state index in [1.54, 1.807) is 7.11 Å². The van der Waals surface area contributed by atoms with E-state index < -0.39 is 0 Å². The molecule has 1 atom stereocenters. The first-order valence-corrected chi connectivity index (χ1v) is 9.01. The molecule has 0 N–H and O–H groups in total. The summed E-state index contributed by atoms with van der Waals surface area (Å²) in [5.41, 5.74) is -0.367. The van der Waals surface area contributed by atoms with Gasteiger partial charge in [-0.15, -0.1) is 11.3 Å². The third-order valence-electron chi connectivity index (χ3n) is 4.98. The molecule has 0 radical (unpaired) electrons. The fourth-order valence-corrected chi connectivity index (χ4v) is 4.53. The second kappa shape index (κ2) is 6.61. The Labute approximate surface area is 141 Å². The van der Waals surface area contributed by atoms with E-state index in [9.17, 15) is 9.59 Å². The summed E-state index contributed by atoms with van der Waals surface area (Å²) in [4.78, 5) is 31.2. The number of carbonyl (C=O) groups excluding carboxylic acids is 2. The third-order valence-corrected chi connectivity index (χ3v) is 5.97. The molecule has 3 heterocycles. The maximum atomic E-state index is 12.9. The molecular formula is C17H24N2O3S. The molecule has 2 aliphatic heterocycles. The minimum Gasteiger partial charge on any atom is -0.383 e. The average molecular weight is 336 g/mol. The van der Waals surface area contributed by atoms with Gasteiger partial charge < -0.3 is 14.5 Å². The highest BCUT2D eigenvalue weighted by Crippen LogP contribution is 2.40. The molecule has 23 heavy (non-hydrogen) atoms. The molecule has 1 aromatic rings. The van der Waals surface area contributed by atoms with E-state index >= 15 is 0 Å². The number of piperidine rings is 1. The van der Waals surface area contributed by atoms with Gasteiger partial charge in [-0.25, -0.2) is 0 Å². The number of rotatable bonds is 4. The summed E-state index contributed by atoms with van der Waals surface area (Å²) >= 11 is 1.53. The number of nitrogens with zero attached hydrogens (tertiary/aromatic N) is 2. The van der Waals surface area contributed by atoms with Crippen LogP contribution >= 0.6 is 11.3 Å². The van der Waals surface area contributed by atoms with Gasteiger partial charge in [0.05, 0.1) is 16.9 Å². The van der Waals surface area contributed by atoms with Crippen molar-refractivity contribution in [1.82, 2.24) is 9.80 Å². The fraction of sp³-hybridized carbons (Fsp3) is 0.647. The predicted octanol–water partition coefficient (Wildman–Crippen LogP) is 2.16. The normalized spacial score (nSPS) is 24.7. The van der Waals surface area contributed by atoms with Crippen LogP contribution in [0.15, 0.2) is 12.1 Å². The van der Waals surface area contributed by atoms with Crippen LogP contribution in [0, 0.1) is 12.3 Å². The van der Waals surface area contributed by atoms with Crippen molar-refractivity contribution in [3.05, 3.63) is 21.9 Å². The molecule has 2 saturated heterocycles. The van der Waals surface area contributed by atoms with Crippen LogP contribution in [-0.4, -0.2) is 61.5 Å². The molecule has 0 bridgehead atoms. The number of amides is 2. The van der Waals surface area contributed by atoms with E-state index in [4.69, 9.17) is 4.74 Å². The first-order valence-electron chi connectivity index (χ1n) is 8.20. The molecule has 126 valence electrons. The second-order valence-corrected chi connectivity index (χ2v) is 7.84. The molecule has 2 aliphatic rings. The molecule has 0 saturated carbocycles. The second-order valence-electron chi connectivity index (χ2n) is 6.56. The Balaban J connectivity index is 1.70. The van der Waals surface area contributed by atoms with E-state index in [1.807, 2.05) is 28.9 Å². The zero-order chi connectivity index (χ0) is 16.4. The molecule has 5 nitrogen and oxygen atoms in total. The third kappa shape index (κ3) is 3.15. The van der Waals surface area contributed by atoms with E-state index in [2.05, 4.69) is 0 Å². The Kier molecular flexibility index (Phi) is 4.73. The van der Waals surface area contributed by atoms with Crippen LogP contribution in [0.1, 0.15) is 33.8 Å². The van der Waals surface area contributed by atoms with Crippen molar-refractivity contribution in [2.24, 2.45) is 5.41 Å². The lowest BCUT2D eigenvalue weighted by Crippen LogP contribution is -2.51. The smallest absolute Gasteiger partial charge is 0.263 e. The Morgan fingerprint density at radius 1 is 1.35 bits per heavy atom. The van der Waals surface area contributed by atoms with Gasteiger partial charge in [-0.2, -0.15) is 0 Å². The monoisotopic (exact) mass is 336 g/mol. The van der Waals surface area contributed by atoms with Crippen LogP contribution in [0.4, 0.5) is 0 Å². The topological polar surface area (TPSA) is 49.9 Å². The van der Waals surface area contributed by atoms with E-state index in [0.717, 1.165) is 35.6 Å². The zero-order valence-electron chi connectivity index (χ0n) is 13.8. The van der Waals surface area contributed by atoms with Crippen molar-refractivity contribution in [3.8, 4) is 0 Å². The summed E-state index contributed by atoms with van der Waals surface area (Å²) in [5, 5.41) is 0. The Bertz CT molecular complexity index is 600. The number of thiophene rings is 1. The number of hydrogen-bond donors (Lipinski definition) is 0. The maximum absolute atomic E-state index is 12.9. The number of likely N-dealkylation sites (tertiary alicyclic amines) is 2. The lowest BCUT2D eigenvalue weighted by Gasteiger charge is -2.39. The molecule has 1 unspecified atom stereocenters. The number of carbonyl (C=O) groups is 2. The van der Waals surface area contributed by atoms with Gasteiger partial charge in [0, 0.05) is 38.2 Å². The molecule has 1 aromatic heterocycles.